The topological polar surface area (TPSA) is 72.8 Å². The second-order valence-electron chi connectivity index (χ2n) is 9.40. The molecule has 0 saturated heterocycles. The van der Waals surface area contributed by atoms with E-state index in [1.54, 1.807) is 6.92 Å². The van der Waals surface area contributed by atoms with Crippen LogP contribution in [0.4, 0.5) is 0 Å². The Hall–Kier alpha value is -2.47. The first-order chi connectivity index (χ1) is 15.5. The van der Waals surface area contributed by atoms with Crippen LogP contribution in [0, 0.1) is 0 Å². The number of hydrogen-bond donors (Lipinski definition) is 1. The molecule has 0 saturated carbocycles. The van der Waals surface area contributed by atoms with Crippen molar-refractivity contribution in [3.8, 4) is 11.5 Å². The van der Waals surface area contributed by atoms with Crippen molar-refractivity contribution in [2.45, 2.75) is 70.1 Å². The Morgan fingerprint density at radius 2 is 1.30 bits per heavy atom. The van der Waals surface area contributed by atoms with E-state index in [0.717, 1.165) is 63.2 Å². The first-order valence-electron chi connectivity index (χ1n) is 11.8. The molecule has 6 rings (SSSR count). The lowest BCUT2D eigenvalue weighted by atomic mass is 9.91. The first-order valence-corrected chi connectivity index (χ1v) is 11.8. The predicted molar refractivity (Wildman–Crippen MR) is 131 cm³/mol. The maximum Gasteiger partial charge on any atom is 0.303 e. The van der Waals surface area contributed by atoms with Gasteiger partial charge in [0.05, 0.1) is 19.6 Å². The lowest BCUT2D eigenvalue weighted by Gasteiger charge is -2.13. The normalized spacial score (nSPS) is 20.8. The molecule has 6 heteroatoms. The van der Waals surface area contributed by atoms with Crippen LogP contribution in [0.15, 0.2) is 24.3 Å². The van der Waals surface area contributed by atoms with Crippen LogP contribution in [0.1, 0.15) is 77.8 Å². The molecule has 0 aromatic heterocycles. The second-order valence-corrected chi connectivity index (χ2v) is 9.40. The van der Waals surface area contributed by atoms with Crippen LogP contribution in [-0.2, 0) is 35.3 Å². The van der Waals surface area contributed by atoms with E-state index in [-0.39, 0.29) is 25.8 Å². The molecular formula is C27H32O5S. The SMILES string of the molecule is CC(=O)C[C@@H]1CCc2ccc3c(c21)CCO3.O=C(O)C[C@@H]1CCc2ccc3c(c21)CCO3.S. The molecule has 0 radical (unpaired) electrons. The molecule has 2 aromatic rings. The van der Waals surface area contributed by atoms with E-state index in [9.17, 15) is 9.59 Å². The molecule has 2 aromatic carbocycles. The number of rotatable bonds is 4. The van der Waals surface area contributed by atoms with Crippen LogP contribution in [-0.4, -0.2) is 30.1 Å². The molecule has 176 valence electrons. The van der Waals surface area contributed by atoms with Crippen molar-refractivity contribution in [3.05, 3.63) is 57.6 Å². The molecule has 2 heterocycles. The summed E-state index contributed by atoms with van der Waals surface area (Å²) in [7, 11) is 0. The third kappa shape index (κ3) is 4.63. The van der Waals surface area contributed by atoms with E-state index in [1.165, 1.54) is 33.4 Å². The number of hydrogen-bond acceptors (Lipinski definition) is 4. The van der Waals surface area contributed by atoms with Gasteiger partial charge < -0.3 is 19.4 Å². The van der Waals surface area contributed by atoms with Crippen molar-refractivity contribution >= 4 is 25.2 Å². The van der Waals surface area contributed by atoms with Gasteiger partial charge in [-0.1, -0.05) is 12.1 Å². The number of aryl methyl sites for hydroxylation is 2. The summed E-state index contributed by atoms with van der Waals surface area (Å²) in [4.78, 5) is 22.1. The van der Waals surface area contributed by atoms with Gasteiger partial charge in [0, 0.05) is 30.4 Å². The summed E-state index contributed by atoms with van der Waals surface area (Å²) in [6.07, 6.45) is 7.15. The van der Waals surface area contributed by atoms with Crippen LogP contribution >= 0.6 is 13.5 Å². The van der Waals surface area contributed by atoms with Crippen LogP contribution in [0.3, 0.4) is 0 Å². The molecule has 2 atom stereocenters. The van der Waals surface area contributed by atoms with Crippen molar-refractivity contribution in [3.63, 3.8) is 0 Å². The standard InChI is InChI=1S/C14H16O2.C13H14O3.H2S/c1-9(15)8-11-3-2-10-4-5-13-12(14(10)11)6-7-16-13;14-12(15)7-9-2-1-8-3-4-11-10(13(8)9)5-6-16-11;/h4-5,11H,2-3,6-8H2,1H3;3-4,9H,1-2,5-7H2,(H,14,15);1H2/t11-;9-;/m00./s1. The summed E-state index contributed by atoms with van der Waals surface area (Å²) < 4.78 is 11.1. The molecule has 5 nitrogen and oxygen atoms in total. The number of carbonyl (C=O) groups is 2. The van der Waals surface area contributed by atoms with Gasteiger partial charge in [0.1, 0.15) is 17.3 Å². The fraction of sp³-hybridized carbons (Fsp3) is 0.481. The molecular weight excluding hydrogens is 436 g/mol. The van der Waals surface area contributed by atoms with E-state index in [0.29, 0.717) is 18.1 Å². The van der Waals surface area contributed by atoms with E-state index < -0.39 is 5.97 Å². The lowest BCUT2D eigenvalue weighted by molar-refractivity contribution is -0.137. The minimum absolute atomic E-state index is 0. The maximum absolute atomic E-state index is 11.3. The average Bonchev–Trinajstić information content (AvgIpc) is 3.52. The Balaban J connectivity index is 0.000000152. The van der Waals surface area contributed by atoms with E-state index in [2.05, 4.69) is 18.2 Å². The van der Waals surface area contributed by atoms with Gasteiger partial charge in [-0.3, -0.25) is 4.79 Å². The number of ether oxygens (including phenoxy) is 2. The van der Waals surface area contributed by atoms with Gasteiger partial charge in [-0.05, 0) is 78.8 Å². The lowest BCUT2D eigenvalue weighted by Crippen LogP contribution is -2.05. The minimum Gasteiger partial charge on any atom is -0.493 e. The van der Waals surface area contributed by atoms with Crippen molar-refractivity contribution in [2.24, 2.45) is 0 Å². The Kier molecular flexibility index (Phi) is 7.03. The zero-order chi connectivity index (χ0) is 22.2. The molecule has 0 amide bonds. The van der Waals surface area contributed by atoms with Gasteiger partial charge in [-0.15, -0.1) is 0 Å². The zero-order valence-corrected chi connectivity index (χ0v) is 20.1. The number of carboxylic acid groups (broad SMARTS) is 1. The number of fused-ring (bicyclic) bond motifs is 6. The van der Waals surface area contributed by atoms with Crippen LogP contribution in [0.5, 0.6) is 11.5 Å². The van der Waals surface area contributed by atoms with Gasteiger partial charge in [0.25, 0.3) is 0 Å². The highest BCUT2D eigenvalue weighted by molar-refractivity contribution is 7.59. The van der Waals surface area contributed by atoms with E-state index >= 15 is 0 Å². The molecule has 2 aliphatic carbocycles. The van der Waals surface area contributed by atoms with Gasteiger partial charge in [-0.25, -0.2) is 0 Å². The highest BCUT2D eigenvalue weighted by Crippen LogP contribution is 2.44. The number of benzene rings is 2. The van der Waals surface area contributed by atoms with Gasteiger partial charge in [0.15, 0.2) is 0 Å². The smallest absolute Gasteiger partial charge is 0.303 e. The summed E-state index contributed by atoms with van der Waals surface area (Å²) in [5.74, 6) is 2.27. The quantitative estimate of drug-likeness (QED) is 0.693. The summed E-state index contributed by atoms with van der Waals surface area (Å²) >= 11 is 0. The van der Waals surface area contributed by atoms with E-state index in [1.807, 2.05) is 6.07 Å². The predicted octanol–water partition coefficient (Wildman–Crippen LogP) is 4.87. The molecule has 0 spiro atoms. The average molecular weight is 469 g/mol. The van der Waals surface area contributed by atoms with Crippen molar-refractivity contribution in [2.75, 3.05) is 13.2 Å². The molecule has 33 heavy (non-hydrogen) atoms. The summed E-state index contributed by atoms with van der Waals surface area (Å²) in [6, 6.07) is 8.41. The summed E-state index contributed by atoms with van der Waals surface area (Å²) in [6.45, 7) is 3.24. The van der Waals surface area contributed by atoms with Crippen LogP contribution in [0.25, 0.3) is 0 Å². The van der Waals surface area contributed by atoms with Gasteiger partial charge in [0.2, 0.25) is 0 Å². The fourth-order valence-corrected chi connectivity index (χ4v) is 6.07. The van der Waals surface area contributed by atoms with Gasteiger partial charge >= 0.3 is 5.97 Å². The van der Waals surface area contributed by atoms with E-state index in [4.69, 9.17) is 14.6 Å². The van der Waals surface area contributed by atoms with Crippen molar-refractivity contribution < 1.29 is 24.2 Å². The first kappa shape index (κ1) is 23.7. The molecule has 0 bridgehead atoms. The molecule has 0 fully saturated rings. The number of ketones is 1. The Morgan fingerprint density at radius 3 is 1.76 bits per heavy atom. The highest BCUT2D eigenvalue weighted by Gasteiger charge is 2.31. The number of carbonyl (C=O) groups excluding carboxylic acids is 1. The summed E-state index contributed by atoms with van der Waals surface area (Å²) in [5, 5.41) is 8.92. The highest BCUT2D eigenvalue weighted by atomic mass is 32.1. The second kappa shape index (κ2) is 9.80. The maximum atomic E-state index is 11.3. The van der Waals surface area contributed by atoms with Crippen LogP contribution in [0.2, 0.25) is 0 Å². The third-order valence-corrected chi connectivity index (χ3v) is 7.32. The number of carboxylic acids is 1. The zero-order valence-electron chi connectivity index (χ0n) is 19.1. The molecule has 0 unspecified atom stereocenters. The fourth-order valence-electron chi connectivity index (χ4n) is 6.07. The third-order valence-electron chi connectivity index (χ3n) is 7.32. The Labute approximate surface area is 201 Å². The molecule has 2 aliphatic heterocycles. The molecule has 1 N–H and O–H groups in total. The summed E-state index contributed by atoms with van der Waals surface area (Å²) in [5.41, 5.74) is 8.12. The number of Topliss-reactive ketones (excluding diaryl/α,β-unsaturated/α-hetero) is 1. The van der Waals surface area contributed by atoms with Gasteiger partial charge in [-0.2, -0.15) is 13.5 Å². The molecule has 4 aliphatic rings. The van der Waals surface area contributed by atoms with Crippen LogP contribution < -0.4 is 9.47 Å². The monoisotopic (exact) mass is 468 g/mol. The number of aliphatic carboxylic acids is 1. The van der Waals surface area contributed by atoms with Crippen molar-refractivity contribution in [1.82, 2.24) is 0 Å². The Morgan fingerprint density at radius 1 is 0.818 bits per heavy atom. The largest absolute Gasteiger partial charge is 0.493 e. The van der Waals surface area contributed by atoms with Crippen molar-refractivity contribution in [1.29, 1.82) is 0 Å². The minimum atomic E-state index is -0.700. The Bertz CT molecular complexity index is 991.